The van der Waals surface area contributed by atoms with Gasteiger partial charge in [-0.05, 0) is 31.2 Å². The van der Waals surface area contributed by atoms with Gasteiger partial charge in [0.15, 0.2) is 0 Å². The van der Waals surface area contributed by atoms with Gasteiger partial charge >= 0.3 is 0 Å². The summed E-state index contributed by atoms with van der Waals surface area (Å²) < 4.78 is 2.05. The van der Waals surface area contributed by atoms with Gasteiger partial charge in [0.2, 0.25) is 0 Å². The molecular weight excluding hydrogens is 200 g/mol. The molecule has 1 aromatic rings. The molecule has 0 atom stereocenters. The summed E-state index contributed by atoms with van der Waals surface area (Å²) in [6, 6.07) is 7.33. The van der Waals surface area contributed by atoms with Crippen LogP contribution in [-0.4, -0.2) is 14.7 Å². The van der Waals surface area contributed by atoms with Crippen molar-refractivity contribution >= 4 is 10.9 Å². The quantitative estimate of drug-likeness (QED) is 0.622. The van der Waals surface area contributed by atoms with E-state index in [2.05, 4.69) is 4.98 Å². The number of benzene rings is 1. The number of hydrogen-bond donors (Lipinski definition) is 1. The molecule has 0 amide bonds. The highest BCUT2D eigenvalue weighted by Crippen LogP contribution is 2.34. The lowest BCUT2D eigenvalue weighted by atomic mass is 10.1. The molecule has 3 heteroatoms. The Kier molecular flexibility index (Phi) is 1.72. The van der Waals surface area contributed by atoms with Crippen LogP contribution in [0.1, 0.15) is 5.69 Å². The molecule has 0 bridgehead atoms. The molecule has 0 aromatic heterocycles. The molecule has 2 aliphatic heterocycles. The van der Waals surface area contributed by atoms with Crippen molar-refractivity contribution in [3.8, 4) is 17.0 Å². The van der Waals surface area contributed by atoms with Crippen molar-refractivity contribution in [1.29, 1.82) is 0 Å². The van der Waals surface area contributed by atoms with Crippen molar-refractivity contribution in [2.24, 2.45) is 7.05 Å². The smallest absolute Gasteiger partial charge is 0.116 e. The van der Waals surface area contributed by atoms with Crippen LogP contribution in [0.15, 0.2) is 30.5 Å². The number of nitrogens with zero attached hydrogens (tertiary/aromatic N) is 2. The highest BCUT2D eigenvalue weighted by molar-refractivity contribution is 5.98. The van der Waals surface area contributed by atoms with E-state index in [0.29, 0.717) is 0 Å². The Morgan fingerprint density at radius 3 is 2.88 bits per heavy atom. The van der Waals surface area contributed by atoms with Crippen LogP contribution in [0.4, 0.5) is 0 Å². The number of aromatic nitrogens is 2. The monoisotopic (exact) mass is 212 g/mol. The summed E-state index contributed by atoms with van der Waals surface area (Å²) in [6.07, 6.45) is 2.02. The van der Waals surface area contributed by atoms with Gasteiger partial charge in [-0.3, -0.25) is 0 Å². The van der Waals surface area contributed by atoms with Crippen molar-refractivity contribution in [3.63, 3.8) is 0 Å². The van der Waals surface area contributed by atoms with Crippen LogP contribution in [0.5, 0.6) is 5.75 Å². The largest absolute Gasteiger partial charge is 0.508 e. The number of pyridine rings is 1. The van der Waals surface area contributed by atoms with E-state index in [-0.39, 0.29) is 5.75 Å². The summed E-state index contributed by atoms with van der Waals surface area (Å²) >= 11 is 0. The first kappa shape index (κ1) is 9.21. The number of aryl methyl sites for hydroxylation is 1. The van der Waals surface area contributed by atoms with E-state index in [1.165, 1.54) is 0 Å². The van der Waals surface area contributed by atoms with Gasteiger partial charge in [-0.25, -0.2) is 4.98 Å². The average Bonchev–Trinajstić information content (AvgIpc) is 2.62. The highest BCUT2D eigenvalue weighted by Gasteiger charge is 2.14. The van der Waals surface area contributed by atoms with Crippen LogP contribution < -0.4 is 0 Å². The number of fused-ring (bicyclic) bond motifs is 3. The number of rotatable bonds is 0. The molecule has 2 heterocycles. The highest BCUT2D eigenvalue weighted by atomic mass is 16.3. The van der Waals surface area contributed by atoms with Gasteiger partial charge in [0.1, 0.15) is 5.75 Å². The second-order valence-electron chi connectivity index (χ2n) is 4.09. The number of phenolic OH excluding ortho intramolecular Hbond substituents is 1. The minimum absolute atomic E-state index is 0.285. The Bertz CT molecular complexity index is 655. The lowest BCUT2D eigenvalue weighted by Crippen LogP contribution is -1.98. The third kappa shape index (κ3) is 1.11. The molecule has 0 spiro atoms. The summed E-state index contributed by atoms with van der Waals surface area (Å²) in [5.74, 6) is 0.285. The molecule has 3 nitrogen and oxygen atoms in total. The summed E-state index contributed by atoms with van der Waals surface area (Å²) in [5, 5.41) is 10.5. The maximum Gasteiger partial charge on any atom is 0.116 e. The van der Waals surface area contributed by atoms with Crippen molar-refractivity contribution in [3.05, 3.63) is 36.2 Å². The number of hydrogen-bond acceptors (Lipinski definition) is 2. The second-order valence-corrected chi connectivity index (χ2v) is 4.09. The van der Waals surface area contributed by atoms with Crippen LogP contribution in [0.3, 0.4) is 0 Å². The molecule has 1 aromatic carbocycles. The van der Waals surface area contributed by atoms with Crippen LogP contribution in [0, 0.1) is 6.92 Å². The normalized spacial score (nSPS) is 11.4. The third-order valence-electron chi connectivity index (χ3n) is 3.09. The molecule has 80 valence electrons. The van der Waals surface area contributed by atoms with Crippen molar-refractivity contribution in [1.82, 2.24) is 9.55 Å². The zero-order valence-electron chi connectivity index (χ0n) is 9.23. The molecular formula is C13H12N2O. The van der Waals surface area contributed by atoms with Crippen LogP contribution >= 0.6 is 0 Å². The Hall–Kier alpha value is -2.03. The minimum Gasteiger partial charge on any atom is -0.508 e. The van der Waals surface area contributed by atoms with Gasteiger partial charge in [-0.2, -0.15) is 0 Å². The zero-order chi connectivity index (χ0) is 11.3. The second kappa shape index (κ2) is 2.98. The number of aromatic hydroxyl groups is 1. The van der Waals surface area contributed by atoms with E-state index in [9.17, 15) is 5.11 Å². The third-order valence-corrected chi connectivity index (χ3v) is 3.09. The van der Waals surface area contributed by atoms with Gasteiger partial charge < -0.3 is 9.67 Å². The Balaban J connectivity index is 2.49. The van der Waals surface area contributed by atoms with Crippen molar-refractivity contribution in [2.45, 2.75) is 6.92 Å². The first-order valence-corrected chi connectivity index (χ1v) is 5.21. The summed E-state index contributed by atoms with van der Waals surface area (Å²) in [6.45, 7) is 2.05. The van der Waals surface area contributed by atoms with Gasteiger partial charge in [-0.1, -0.05) is 0 Å². The SMILES string of the molecule is Cc1c2nc3ccc(O)cc3c-2ccn1C. The van der Waals surface area contributed by atoms with Crippen LogP contribution in [0.2, 0.25) is 0 Å². The predicted octanol–water partition coefficient (Wildman–Crippen LogP) is 2.69. The lowest BCUT2D eigenvalue weighted by Gasteiger charge is -2.08. The summed E-state index contributed by atoms with van der Waals surface area (Å²) in [5.41, 5.74) is 4.17. The van der Waals surface area contributed by atoms with E-state index in [4.69, 9.17) is 0 Å². The van der Waals surface area contributed by atoms with Gasteiger partial charge in [0.25, 0.3) is 0 Å². The first-order valence-electron chi connectivity index (χ1n) is 5.21. The van der Waals surface area contributed by atoms with Gasteiger partial charge in [0.05, 0.1) is 11.2 Å². The molecule has 16 heavy (non-hydrogen) atoms. The van der Waals surface area contributed by atoms with E-state index in [1.807, 2.05) is 36.9 Å². The topological polar surface area (TPSA) is 38.1 Å². The Labute approximate surface area is 93.3 Å². The molecule has 0 saturated heterocycles. The molecule has 0 aliphatic carbocycles. The molecule has 3 rings (SSSR count). The summed E-state index contributed by atoms with van der Waals surface area (Å²) in [7, 11) is 2.01. The molecule has 0 unspecified atom stereocenters. The Morgan fingerprint density at radius 1 is 1.25 bits per heavy atom. The van der Waals surface area contributed by atoms with Crippen molar-refractivity contribution in [2.75, 3.05) is 0 Å². The Morgan fingerprint density at radius 2 is 2.06 bits per heavy atom. The van der Waals surface area contributed by atoms with E-state index in [1.54, 1.807) is 12.1 Å². The lowest BCUT2D eigenvalue weighted by molar-refractivity contribution is 0.476. The van der Waals surface area contributed by atoms with Crippen LogP contribution in [-0.2, 0) is 7.05 Å². The van der Waals surface area contributed by atoms with E-state index < -0.39 is 0 Å². The molecule has 0 radical (unpaired) electrons. The predicted molar refractivity (Wildman–Crippen MR) is 63.7 cm³/mol. The fourth-order valence-electron chi connectivity index (χ4n) is 2.06. The maximum atomic E-state index is 9.50. The van der Waals surface area contributed by atoms with Gasteiger partial charge in [-0.15, -0.1) is 0 Å². The molecule has 2 aliphatic rings. The van der Waals surface area contributed by atoms with Gasteiger partial charge in [0, 0.05) is 29.9 Å². The molecule has 1 N–H and O–H groups in total. The zero-order valence-corrected chi connectivity index (χ0v) is 9.23. The van der Waals surface area contributed by atoms with E-state index >= 15 is 0 Å². The van der Waals surface area contributed by atoms with E-state index in [0.717, 1.165) is 27.9 Å². The van der Waals surface area contributed by atoms with Crippen LogP contribution in [0.25, 0.3) is 22.2 Å². The minimum atomic E-state index is 0.285. The first-order chi connectivity index (χ1) is 7.66. The maximum absolute atomic E-state index is 9.50. The summed E-state index contributed by atoms with van der Waals surface area (Å²) in [4.78, 5) is 4.58. The van der Waals surface area contributed by atoms with Crippen molar-refractivity contribution < 1.29 is 5.11 Å². The molecule has 0 fully saturated rings. The standard InChI is InChI=1S/C13H12N2O/c1-8-13-10(5-6-15(8)2)11-7-9(16)3-4-12(11)14-13/h3-7,16H,1-2H3. The number of phenols is 1. The molecule has 0 saturated carbocycles. The fourth-order valence-corrected chi connectivity index (χ4v) is 2.06. The fraction of sp³-hybridized carbons (Fsp3) is 0.154. The average molecular weight is 212 g/mol.